The molecule has 0 heterocycles. The summed E-state index contributed by atoms with van der Waals surface area (Å²) in [6.07, 6.45) is 1.27. The molecule has 0 radical (unpaired) electrons. The molecule has 0 aliphatic carbocycles. The van der Waals surface area contributed by atoms with Gasteiger partial charge in [0.25, 0.3) is 0 Å². The molecule has 0 saturated heterocycles. The van der Waals surface area contributed by atoms with Crippen molar-refractivity contribution in [3.63, 3.8) is 0 Å². The average Bonchev–Trinajstić information content (AvgIpc) is 2.57. The molecule has 2 aromatic rings. The average molecular weight is 346 g/mol. The fourth-order valence-corrected chi connectivity index (χ4v) is 2.15. The molecule has 6 heteroatoms. The van der Waals surface area contributed by atoms with Crippen molar-refractivity contribution in [1.82, 2.24) is 0 Å². The lowest BCUT2D eigenvalue weighted by Gasteiger charge is -2.09. The molecular weight excluding hydrogens is 330 g/mol. The van der Waals surface area contributed by atoms with Crippen molar-refractivity contribution in [2.75, 3.05) is 11.9 Å². The smallest absolute Gasteiger partial charge is 0.343 e. The predicted molar refractivity (Wildman–Crippen MR) is 92.2 cm³/mol. The first kappa shape index (κ1) is 17.6. The van der Waals surface area contributed by atoms with Crippen molar-refractivity contribution in [2.45, 2.75) is 6.92 Å². The third-order valence-corrected chi connectivity index (χ3v) is 3.44. The third kappa shape index (κ3) is 4.36. The van der Waals surface area contributed by atoms with E-state index in [1.54, 1.807) is 37.3 Å². The number of esters is 1. The molecule has 0 unspecified atom stereocenters. The van der Waals surface area contributed by atoms with E-state index in [2.05, 4.69) is 5.32 Å². The lowest BCUT2D eigenvalue weighted by molar-refractivity contribution is -0.138. The van der Waals surface area contributed by atoms with Gasteiger partial charge in [-0.05, 0) is 43.3 Å². The maximum atomic E-state index is 12.6. The van der Waals surface area contributed by atoms with Gasteiger partial charge in [-0.1, -0.05) is 23.7 Å². The number of carbonyl (C=O) groups excluding carboxylic acids is 2. The van der Waals surface area contributed by atoms with Gasteiger partial charge in [0.1, 0.15) is 11.3 Å². The van der Waals surface area contributed by atoms with Gasteiger partial charge >= 0.3 is 5.97 Å². The highest BCUT2D eigenvalue weighted by Crippen LogP contribution is 2.20. The largest absolute Gasteiger partial charge is 0.508 e. The molecule has 5 nitrogen and oxygen atoms in total. The van der Waals surface area contributed by atoms with Crippen LogP contribution in [-0.2, 0) is 9.53 Å². The van der Waals surface area contributed by atoms with Crippen molar-refractivity contribution in [1.29, 1.82) is 0 Å². The van der Waals surface area contributed by atoms with Crippen LogP contribution in [0, 0.1) is 0 Å². The molecule has 0 spiro atoms. The van der Waals surface area contributed by atoms with Crippen LogP contribution in [0.4, 0.5) is 5.69 Å². The van der Waals surface area contributed by atoms with Gasteiger partial charge in [0.15, 0.2) is 0 Å². The zero-order chi connectivity index (χ0) is 17.5. The Morgan fingerprint density at radius 2 is 1.83 bits per heavy atom. The molecule has 0 saturated carbocycles. The van der Waals surface area contributed by atoms with E-state index in [4.69, 9.17) is 16.3 Å². The maximum Gasteiger partial charge on any atom is 0.343 e. The summed E-state index contributed by atoms with van der Waals surface area (Å²) in [7, 11) is 0. The highest BCUT2D eigenvalue weighted by atomic mass is 35.5. The Labute approximate surface area is 144 Å². The SMILES string of the molecule is CCOC(=O)C(=CNc1ccc(O)cc1)C(=O)c1ccccc1Cl. The molecule has 24 heavy (non-hydrogen) atoms. The van der Waals surface area contributed by atoms with Crippen molar-refractivity contribution in [3.05, 3.63) is 70.9 Å². The highest BCUT2D eigenvalue weighted by molar-refractivity contribution is 6.36. The zero-order valence-electron chi connectivity index (χ0n) is 13.0. The number of halogens is 1. The van der Waals surface area contributed by atoms with Gasteiger partial charge in [0, 0.05) is 17.5 Å². The standard InChI is InChI=1S/C18H16ClNO4/c1-2-24-18(23)15(11-20-12-7-9-13(21)10-8-12)17(22)14-5-3-4-6-16(14)19/h3-11,20-21H,2H2,1H3. The van der Waals surface area contributed by atoms with Crippen LogP contribution in [0.2, 0.25) is 5.02 Å². The quantitative estimate of drug-likeness (QED) is 0.208. The molecule has 0 fully saturated rings. The predicted octanol–water partition coefficient (Wildman–Crippen LogP) is 3.79. The van der Waals surface area contributed by atoms with Crippen molar-refractivity contribution < 1.29 is 19.4 Å². The summed E-state index contributed by atoms with van der Waals surface area (Å²) < 4.78 is 4.94. The number of ether oxygens (including phenoxy) is 1. The molecule has 0 aromatic heterocycles. The number of benzene rings is 2. The number of hydrogen-bond acceptors (Lipinski definition) is 5. The number of phenols is 1. The van der Waals surface area contributed by atoms with Crippen LogP contribution >= 0.6 is 11.6 Å². The first-order valence-corrected chi connectivity index (χ1v) is 7.62. The third-order valence-electron chi connectivity index (χ3n) is 3.11. The second-order valence-corrected chi connectivity index (χ2v) is 5.19. The van der Waals surface area contributed by atoms with E-state index in [1.807, 2.05) is 0 Å². The molecule has 0 atom stereocenters. The second-order valence-electron chi connectivity index (χ2n) is 4.78. The van der Waals surface area contributed by atoms with Crippen molar-refractivity contribution >= 4 is 29.0 Å². The fraction of sp³-hybridized carbons (Fsp3) is 0.111. The molecule has 2 aromatic carbocycles. The molecule has 2 N–H and O–H groups in total. The van der Waals surface area contributed by atoms with Gasteiger partial charge in [0.2, 0.25) is 5.78 Å². The molecule has 0 aliphatic heterocycles. The van der Waals surface area contributed by atoms with Crippen LogP contribution in [0.1, 0.15) is 17.3 Å². The zero-order valence-corrected chi connectivity index (χ0v) is 13.7. The lowest BCUT2D eigenvalue weighted by atomic mass is 10.0. The van der Waals surface area contributed by atoms with Gasteiger partial charge in [-0.25, -0.2) is 4.79 Å². The first-order chi connectivity index (χ1) is 11.5. The molecule has 0 aliphatic rings. The number of aromatic hydroxyl groups is 1. The number of carbonyl (C=O) groups is 2. The van der Waals surface area contributed by atoms with E-state index in [0.29, 0.717) is 5.69 Å². The van der Waals surface area contributed by atoms with Crippen LogP contribution in [0.3, 0.4) is 0 Å². The van der Waals surface area contributed by atoms with Crippen LogP contribution in [-0.4, -0.2) is 23.5 Å². The molecule has 124 valence electrons. The Kier molecular flexibility index (Phi) is 5.98. The summed E-state index contributed by atoms with van der Waals surface area (Å²) >= 11 is 6.03. The van der Waals surface area contributed by atoms with E-state index < -0.39 is 11.8 Å². The normalized spacial score (nSPS) is 11.0. The lowest BCUT2D eigenvalue weighted by Crippen LogP contribution is -2.18. The van der Waals surface area contributed by atoms with Gasteiger partial charge in [0.05, 0.1) is 11.6 Å². The van der Waals surface area contributed by atoms with Crippen LogP contribution < -0.4 is 5.32 Å². The van der Waals surface area contributed by atoms with E-state index in [0.717, 1.165) is 0 Å². The Balaban J connectivity index is 2.32. The number of rotatable bonds is 6. The van der Waals surface area contributed by atoms with E-state index in [9.17, 15) is 14.7 Å². The summed E-state index contributed by atoms with van der Waals surface area (Å²) in [5.74, 6) is -1.17. The first-order valence-electron chi connectivity index (χ1n) is 7.25. The van der Waals surface area contributed by atoms with E-state index in [-0.39, 0.29) is 28.5 Å². The molecular formula is C18H16ClNO4. The molecule has 2 rings (SSSR count). The number of ketones is 1. The van der Waals surface area contributed by atoms with E-state index >= 15 is 0 Å². The monoisotopic (exact) mass is 345 g/mol. The summed E-state index contributed by atoms with van der Waals surface area (Å²) in [6, 6.07) is 12.6. The molecule has 0 bridgehead atoms. The minimum Gasteiger partial charge on any atom is -0.508 e. The van der Waals surface area contributed by atoms with Crippen molar-refractivity contribution in [3.8, 4) is 5.75 Å². The van der Waals surface area contributed by atoms with Crippen LogP contribution in [0.15, 0.2) is 60.3 Å². The Bertz CT molecular complexity index is 769. The van der Waals surface area contributed by atoms with E-state index in [1.165, 1.54) is 24.4 Å². The highest BCUT2D eigenvalue weighted by Gasteiger charge is 2.22. The van der Waals surface area contributed by atoms with Gasteiger partial charge < -0.3 is 15.2 Å². The second kappa shape index (κ2) is 8.17. The Morgan fingerprint density at radius 1 is 1.17 bits per heavy atom. The van der Waals surface area contributed by atoms with Crippen LogP contribution in [0.25, 0.3) is 0 Å². The summed E-state index contributed by atoms with van der Waals surface area (Å²) in [6.45, 7) is 1.80. The summed E-state index contributed by atoms with van der Waals surface area (Å²) in [4.78, 5) is 24.7. The number of anilines is 1. The molecule has 0 amide bonds. The fourth-order valence-electron chi connectivity index (χ4n) is 1.93. The minimum absolute atomic E-state index is 0.113. The number of nitrogens with one attached hydrogen (secondary N) is 1. The van der Waals surface area contributed by atoms with Gasteiger partial charge in [-0.3, -0.25) is 4.79 Å². The van der Waals surface area contributed by atoms with Crippen LogP contribution in [0.5, 0.6) is 5.75 Å². The Morgan fingerprint density at radius 3 is 2.46 bits per heavy atom. The number of phenolic OH excluding ortho intramolecular Hbond substituents is 1. The van der Waals surface area contributed by atoms with Gasteiger partial charge in [-0.2, -0.15) is 0 Å². The number of hydrogen-bond donors (Lipinski definition) is 2. The Hall–Kier alpha value is -2.79. The summed E-state index contributed by atoms with van der Waals surface area (Å²) in [5, 5.41) is 12.4. The minimum atomic E-state index is -0.742. The summed E-state index contributed by atoms with van der Waals surface area (Å²) in [5.41, 5.74) is 0.644. The topological polar surface area (TPSA) is 75.6 Å². The van der Waals surface area contributed by atoms with Gasteiger partial charge in [-0.15, -0.1) is 0 Å². The van der Waals surface area contributed by atoms with Crippen molar-refractivity contribution in [2.24, 2.45) is 0 Å². The number of Topliss-reactive ketones (excluding diaryl/α,β-unsaturated/α-hetero) is 1. The maximum absolute atomic E-state index is 12.6.